The van der Waals surface area contributed by atoms with Crippen LogP contribution in [0.2, 0.25) is 0 Å². The Kier molecular flexibility index (Phi) is 8.29. The second-order valence-electron chi connectivity index (χ2n) is 5.57. The van der Waals surface area contributed by atoms with Crippen LogP contribution in [-0.2, 0) is 4.74 Å². The highest BCUT2D eigenvalue weighted by Gasteiger charge is 2.27. The summed E-state index contributed by atoms with van der Waals surface area (Å²) < 4.78 is 6.41. The van der Waals surface area contributed by atoms with Crippen molar-refractivity contribution in [1.82, 2.24) is 4.90 Å². The lowest BCUT2D eigenvalue weighted by Crippen LogP contribution is -2.43. The minimum Gasteiger partial charge on any atom is -0.383 e. The van der Waals surface area contributed by atoms with E-state index in [4.69, 9.17) is 10.5 Å². The van der Waals surface area contributed by atoms with Gasteiger partial charge in [0.15, 0.2) is 0 Å². The molecule has 0 bridgehead atoms. The molecule has 2 N–H and O–H groups in total. The fourth-order valence-corrected chi connectivity index (χ4v) is 4.04. The molecule has 0 fully saturated rings. The van der Waals surface area contributed by atoms with Gasteiger partial charge in [-0.25, -0.2) is 0 Å². The molecular formula is C15H27BrN2OS. The van der Waals surface area contributed by atoms with E-state index in [1.165, 1.54) is 4.88 Å². The van der Waals surface area contributed by atoms with E-state index in [2.05, 4.69) is 53.0 Å². The van der Waals surface area contributed by atoms with E-state index in [0.717, 1.165) is 30.6 Å². The van der Waals surface area contributed by atoms with Crippen molar-refractivity contribution in [3.8, 4) is 0 Å². The highest BCUT2D eigenvalue weighted by molar-refractivity contribution is 9.10. The first kappa shape index (κ1) is 18.1. The third-order valence-electron chi connectivity index (χ3n) is 3.33. The molecule has 20 heavy (non-hydrogen) atoms. The highest BCUT2D eigenvalue weighted by Crippen LogP contribution is 2.32. The van der Waals surface area contributed by atoms with Gasteiger partial charge in [0.05, 0.1) is 12.6 Å². The fourth-order valence-electron chi connectivity index (χ4n) is 2.39. The van der Waals surface area contributed by atoms with Crippen molar-refractivity contribution >= 4 is 27.3 Å². The van der Waals surface area contributed by atoms with Gasteiger partial charge >= 0.3 is 0 Å². The SMILES string of the molecule is CCC(N)C(c1cc(Br)cs1)N(CCOC)CC(C)C. The van der Waals surface area contributed by atoms with Crippen molar-refractivity contribution in [2.45, 2.75) is 39.3 Å². The molecule has 0 radical (unpaired) electrons. The predicted molar refractivity (Wildman–Crippen MR) is 91.3 cm³/mol. The van der Waals surface area contributed by atoms with Gasteiger partial charge in [-0.2, -0.15) is 0 Å². The molecule has 5 heteroatoms. The minimum absolute atomic E-state index is 0.149. The molecule has 1 rings (SSSR count). The second kappa shape index (κ2) is 9.15. The summed E-state index contributed by atoms with van der Waals surface area (Å²) in [5.74, 6) is 0.613. The molecule has 0 aliphatic heterocycles. The lowest BCUT2D eigenvalue weighted by Gasteiger charge is -2.35. The summed E-state index contributed by atoms with van der Waals surface area (Å²) in [6.07, 6.45) is 0.974. The van der Waals surface area contributed by atoms with Gasteiger partial charge in [-0.3, -0.25) is 4.90 Å². The number of thiophene rings is 1. The minimum atomic E-state index is 0.149. The first-order chi connectivity index (χ1) is 9.49. The summed E-state index contributed by atoms with van der Waals surface area (Å²) >= 11 is 5.33. The van der Waals surface area contributed by atoms with Gasteiger partial charge in [-0.15, -0.1) is 11.3 Å². The van der Waals surface area contributed by atoms with Crippen molar-refractivity contribution in [3.63, 3.8) is 0 Å². The standard InChI is InChI=1S/C15H27BrN2OS/c1-5-13(17)15(14-8-12(16)10-20-14)18(6-7-19-4)9-11(2)3/h8,10-11,13,15H,5-7,9,17H2,1-4H3. The van der Waals surface area contributed by atoms with E-state index in [9.17, 15) is 0 Å². The van der Waals surface area contributed by atoms with Gasteiger partial charge in [0.25, 0.3) is 0 Å². The zero-order valence-corrected chi connectivity index (χ0v) is 15.3. The lowest BCUT2D eigenvalue weighted by molar-refractivity contribution is 0.0989. The third kappa shape index (κ3) is 5.45. The Bertz CT molecular complexity index is 384. The maximum absolute atomic E-state index is 6.42. The van der Waals surface area contributed by atoms with E-state index in [1.807, 2.05) is 0 Å². The van der Waals surface area contributed by atoms with Crippen LogP contribution in [0.5, 0.6) is 0 Å². The number of halogens is 1. The van der Waals surface area contributed by atoms with Crippen LogP contribution >= 0.6 is 27.3 Å². The Morgan fingerprint density at radius 1 is 1.45 bits per heavy atom. The van der Waals surface area contributed by atoms with Crippen LogP contribution in [0.3, 0.4) is 0 Å². The number of nitrogens with zero attached hydrogens (tertiary/aromatic N) is 1. The average Bonchev–Trinajstić information content (AvgIpc) is 2.81. The number of methoxy groups -OCH3 is 1. The normalized spacial score (nSPS) is 15.0. The molecule has 3 nitrogen and oxygen atoms in total. The van der Waals surface area contributed by atoms with E-state index >= 15 is 0 Å². The highest BCUT2D eigenvalue weighted by atomic mass is 79.9. The van der Waals surface area contributed by atoms with Crippen LogP contribution in [0.15, 0.2) is 15.9 Å². The molecule has 0 aromatic carbocycles. The lowest BCUT2D eigenvalue weighted by atomic mass is 10.0. The fraction of sp³-hybridized carbons (Fsp3) is 0.733. The number of rotatable bonds is 9. The molecule has 116 valence electrons. The Morgan fingerprint density at radius 2 is 2.15 bits per heavy atom. The topological polar surface area (TPSA) is 38.5 Å². The third-order valence-corrected chi connectivity index (χ3v) is 5.10. The van der Waals surface area contributed by atoms with Gasteiger partial charge in [-0.1, -0.05) is 20.8 Å². The molecule has 1 aromatic rings. The van der Waals surface area contributed by atoms with Crippen molar-refractivity contribution < 1.29 is 4.74 Å². The number of hydrogen-bond acceptors (Lipinski definition) is 4. The summed E-state index contributed by atoms with van der Waals surface area (Å²) in [4.78, 5) is 3.81. The van der Waals surface area contributed by atoms with Gasteiger partial charge in [0.2, 0.25) is 0 Å². The first-order valence-corrected chi connectivity index (χ1v) is 8.89. The molecule has 0 saturated heterocycles. The van der Waals surface area contributed by atoms with E-state index in [0.29, 0.717) is 5.92 Å². The summed E-state index contributed by atoms with van der Waals surface area (Å²) in [5.41, 5.74) is 6.42. The zero-order valence-electron chi connectivity index (χ0n) is 12.9. The maximum atomic E-state index is 6.42. The van der Waals surface area contributed by atoms with E-state index in [-0.39, 0.29) is 12.1 Å². The Morgan fingerprint density at radius 3 is 2.60 bits per heavy atom. The largest absolute Gasteiger partial charge is 0.383 e. The first-order valence-electron chi connectivity index (χ1n) is 7.22. The average molecular weight is 363 g/mol. The van der Waals surface area contributed by atoms with Crippen LogP contribution in [0.1, 0.15) is 38.1 Å². The summed E-state index contributed by atoms with van der Waals surface area (Å²) in [6, 6.07) is 2.62. The number of hydrogen-bond donors (Lipinski definition) is 1. The molecule has 0 aliphatic carbocycles. The molecule has 2 atom stereocenters. The Balaban J connectivity index is 2.97. The predicted octanol–water partition coefficient (Wildman–Crippen LogP) is 3.89. The zero-order chi connectivity index (χ0) is 15.1. The van der Waals surface area contributed by atoms with Gasteiger partial charge < -0.3 is 10.5 Å². The van der Waals surface area contributed by atoms with Crippen molar-refractivity contribution in [1.29, 1.82) is 0 Å². The number of ether oxygens (including phenoxy) is 1. The molecule has 0 saturated carbocycles. The van der Waals surface area contributed by atoms with E-state index < -0.39 is 0 Å². The van der Waals surface area contributed by atoms with Crippen molar-refractivity contribution in [2.75, 3.05) is 26.8 Å². The molecule has 0 aliphatic rings. The molecular weight excluding hydrogens is 336 g/mol. The van der Waals surface area contributed by atoms with Crippen LogP contribution in [0.25, 0.3) is 0 Å². The van der Waals surface area contributed by atoms with Gasteiger partial charge in [0, 0.05) is 41.0 Å². The summed E-state index contributed by atoms with van der Waals surface area (Å²) in [7, 11) is 1.75. The molecule has 0 amide bonds. The molecule has 1 heterocycles. The van der Waals surface area contributed by atoms with Crippen LogP contribution in [0, 0.1) is 5.92 Å². The van der Waals surface area contributed by atoms with Gasteiger partial charge in [-0.05, 0) is 34.3 Å². The van der Waals surface area contributed by atoms with Crippen LogP contribution < -0.4 is 5.73 Å². The van der Waals surface area contributed by atoms with Crippen LogP contribution in [0.4, 0.5) is 0 Å². The maximum Gasteiger partial charge on any atom is 0.0594 e. The van der Waals surface area contributed by atoms with E-state index in [1.54, 1.807) is 18.4 Å². The number of nitrogens with two attached hydrogens (primary N) is 1. The second-order valence-corrected chi connectivity index (χ2v) is 7.42. The Labute approximate surface area is 135 Å². The summed E-state index contributed by atoms with van der Waals surface area (Å²) in [6.45, 7) is 9.35. The van der Waals surface area contributed by atoms with Crippen LogP contribution in [-0.4, -0.2) is 37.7 Å². The molecule has 1 aromatic heterocycles. The van der Waals surface area contributed by atoms with Crippen molar-refractivity contribution in [3.05, 3.63) is 20.8 Å². The quantitative estimate of drug-likeness (QED) is 0.723. The summed E-state index contributed by atoms with van der Waals surface area (Å²) in [5, 5.41) is 2.13. The molecule has 0 spiro atoms. The Hall–Kier alpha value is 0.0600. The monoisotopic (exact) mass is 362 g/mol. The molecule has 2 unspecified atom stereocenters. The smallest absolute Gasteiger partial charge is 0.0594 e. The van der Waals surface area contributed by atoms with Gasteiger partial charge in [0.1, 0.15) is 0 Å². The van der Waals surface area contributed by atoms with Crippen molar-refractivity contribution in [2.24, 2.45) is 11.7 Å².